The van der Waals surface area contributed by atoms with Crippen LogP contribution in [0.5, 0.6) is 0 Å². The minimum Gasteiger partial charge on any atom is -0.339 e. The third-order valence-electron chi connectivity index (χ3n) is 3.73. The zero-order valence-corrected chi connectivity index (χ0v) is 14.0. The lowest BCUT2D eigenvalue weighted by Gasteiger charge is -2.13. The van der Waals surface area contributed by atoms with Gasteiger partial charge in [0, 0.05) is 10.6 Å². The quantitative estimate of drug-likeness (QED) is 0.650. The number of para-hydroxylation sites is 1. The van der Waals surface area contributed by atoms with E-state index in [1.54, 1.807) is 11.3 Å². The lowest BCUT2D eigenvalue weighted by molar-refractivity contribution is 1.22. The Balaban J connectivity index is 2.21. The summed E-state index contributed by atoms with van der Waals surface area (Å²) in [6.45, 7) is 8.36. The molecule has 0 amide bonds. The minimum absolute atomic E-state index is 0.275. The van der Waals surface area contributed by atoms with Crippen LogP contribution in [0.25, 0.3) is 10.2 Å². The average Bonchev–Trinajstić information content (AvgIpc) is 2.69. The maximum absolute atomic E-state index is 6.08. The van der Waals surface area contributed by atoms with Crippen LogP contribution in [0, 0.1) is 27.7 Å². The standard InChI is InChI=1S/C16H16ClN3S/c1-8-6-5-7-9(2)13(8)18-14-12-10(3)11(4)21-15(12)20-16(17)19-14/h5-7H,1-4H3,(H,18,19,20). The molecule has 0 aliphatic heterocycles. The smallest absolute Gasteiger partial charge is 0.225 e. The first-order valence-corrected chi connectivity index (χ1v) is 7.93. The molecule has 0 saturated carbocycles. The SMILES string of the molecule is Cc1cccc(C)c1Nc1nc(Cl)nc2sc(C)c(C)c12. The largest absolute Gasteiger partial charge is 0.339 e. The van der Waals surface area contributed by atoms with Gasteiger partial charge in [0.15, 0.2) is 0 Å². The molecule has 0 fully saturated rings. The number of halogens is 1. The van der Waals surface area contributed by atoms with Gasteiger partial charge in [-0.2, -0.15) is 4.98 Å². The lowest BCUT2D eigenvalue weighted by atomic mass is 10.1. The van der Waals surface area contributed by atoms with Crippen LogP contribution >= 0.6 is 22.9 Å². The molecule has 2 aromatic heterocycles. The number of hydrogen-bond donors (Lipinski definition) is 1. The van der Waals surface area contributed by atoms with Crippen LogP contribution in [0.3, 0.4) is 0 Å². The van der Waals surface area contributed by atoms with E-state index in [4.69, 9.17) is 11.6 Å². The highest BCUT2D eigenvalue weighted by atomic mass is 35.5. The maximum Gasteiger partial charge on any atom is 0.225 e. The summed E-state index contributed by atoms with van der Waals surface area (Å²) in [4.78, 5) is 10.9. The Hall–Kier alpha value is -1.65. The van der Waals surface area contributed by atoms with Crippen molar-refractivity contribution < 1.29 is 0 Å². The normalized spacial score (nSPS) is 11.1. The molecule has 3 rings (SSSR count). The van der Waals surface area contributed by atoms with Crippen LogP contribution in [-0.4, -0.2) is 9.97 Å². The van der Waals surface area contributed by atoms with Crippen LogP contribution < -0.4 is 5.32 Å². The molecular formula is C16H16ClN3S. The van der Waals surface area contributed by atoms with E-state index in [9.17, 15) is 0 Å². The van der Waals surface area contributed by atoms with Gasteiger partial charge in [0.1, 0.15) is 10.6 Å². The molecule has 0 atom stereocenters. The van der Waals surface area contributed by atoms with Crippen molar-refractivity contribution >= 4 is 44.7 Å². The average molecular weight is 318 g/mol. The second kappa shape index (κ2) is 5.28. The van der Waals surface area contributed by atoms with Gasteiger partial charge in [0.25, 0.3) is 0 Å². The molecule has 3 aromatic rings. The number of rotatable bonds is 2. The Bertz CT molecular complexity index is 819. The van der Waals surface area contributed by atoms with Crippen molar-refractivity contribution in [3.63, 3.8) is 0 Å². The maximum atomic E-state index is 6.08. The van der Waals surface area contributed by atoms with Gasteiger partial charge in [-0.15, -0.1) is 11.3 Å². The van der Waals surface area contributed by atoms with E-state index >= 15 is 0 Å². The number of benzene rings is 1. The predicted molar refractivity (Wildman–Crippen MR) is 91.1 cm³/mol. The van der Waals surface area contributed by atoms with E-state index in [1.165, 1.54) is 21.6 Å². The Labute approximate surface area is 133 Å². The van der Waals surface area contributed by atoms with Crippen molar-refractivity contribution in [1.29, 1.82) is 0 Å². The number of nitrogens with one attached hydrogen (secondary N) is 1. The highest BCUT2D eigenvalue weighted by molar-refractivity contribution is 7.18. The molecule has 2 heterocycles. The Morgan fingerprint density at radius 2 is 1.71 bits per heavy atom. The summed E-state index contributed by atoms with van der Waals surface area (Å²) in [5.74, 6) is 0.782. The molecule has 108 valence electrons. The van der Waals surface area contributed by atoms with Crippen LogP contribution in [0.4, 0.5) is 11.5 Å². The fourth-order valence-electron chi connectivity index (χ4n) is 2.44. The summed E-state index contributed by atoms with van der Waals surface area (Å²) < 4.78 is 0. The molecule has 21 heavy (non-hydrogen) atoms. The van der Waals surface area contributed by atoms with E-state index < -0.39 is 0 Å². The van der Waals surface area contributed by atoms with E-state index in [2.05, 4.69) is 61.2 Å². The molecule has 0 radical (unpaired) electrons. The van der Waals surface area contributed by atoms with Gasteiger partial charge in [-0.05, 0) is 56.0 Å². The third-order valence-corrected chi connectivity index (χ3v) is 5.00. The number of nitrogens with zero attached hydrogens (tertiary/aromatic N) is 2. The number of anilines is 2. The fourth-order valence-corrected chi connectivity index (χ4v) is 3.69. The molecule has 0 saturated heterocycles. The lowest BCUT2D eigenvalue weighted by Crippen LogP contribution is -2.00. The topological polar surface area (TPSA) is 37.8 Å². The van der Waals surface area contributed by atoms with Gasteiger partial charge >= 0.3 is 0 Å². The number of fused-ring (bicyclic) bond motifs is 1. The molecule has 0 aliphatic rings. The predicted octanol–water partition coefficient (Wildman–Crippen LogP) is 5.32. The molecule has 0 aliphatic carbocycles. The van der Waals surface area contributed by atoms with Gasteiger partial charge in [-0.3, -0.25) is 0 Å². The first-order valence-electron chi connectivity index (χ1n) is 6.74. The van der Waals surface area contributed by atoms with Crippen LogP contribution in [-0.2, 0) is 0 Å². The number of thiophene rings is 1. The van der Waals surface area contributed by atoms with Crippen molar-refractivity contribution in [2.24, 2.45) is 0 Å². The van der Waals surface area contributed by atoms with E-state index in [0.717, 1.165) is 21.7 Å². The Morgan fingerprint density at radius 1 is 1.05 bits per heavy atom. The zero-order valence-electron chi connectivity index (χ0n) is 12.4. The molecule has 0 spiro atoms. The third kappa shape index (κ3) is 2.49. The van der Waals surface area contributed by atoms with Crippen molar-refractivity contribution in [2.75, 3.05) is 5.32 Å². The van der Waals surface area contributed by atoms with Crippen molar-refractivity contribution in [1.82, 2.24) is 9.97 Å². The molecule has 1 N–H and O–H groups in total. The van der Waals surface area contributed by atoms with Crippen molar-refractivity contribution in [2.45, 2.75) is 27.7 Å². The molecule has 0 unspecified atom stereocenters. The van der Waals surface area contributed by atoms with Gasteiger partial charge in [0.05, 0.1) is 5.39 Å². The molecule has 1 aromatic carbocycles. The Morgan fingerprint density at radius 3 is 2.38 bits per heavy atom. The highest BCUT2D eigenvalue weighted by Crippen LogP contribution is 2.36. The van der Waals surface area contributed by atoms with Gasteiger partial charge in [-0.1, -0.05) is 18.2 Å². The second-order valence-corrected chi connectivity index (χ2v) is 6.74. The summed E-state index contributed by atoms with van der Waals surface area (Å²) in [6.07, 6.45) is 0. The number of aromatic nitrogens is 2. The highest BCUT2D eigenvalue weighted by Gasteiger charge is 2.15. The zero-order chi connectivity index (χ0) is 15.1. The van der Waals surface area contributed by atoms with Crippen molar-refractivity contribution in [3.05, 3.63) is 45.1 Å². The molecule has 0 bridgehead atoms. The summed E-state index contributed by atoms with van der Waals surface area (Å²) in [7, 11) is 0. The second-order valence-electron chi connectivity index (χ2n) is 5.20. The molecular weight excluding hydrogens is 302 g/mol. The summed E-state index contributed by atoms with van der Waals surface area (Å²) >= 11 is 7.73. The van der Waals surface area contributed by atoms with E-state index in [0.29, 0.717) is 0 Å². The fraction of sp³-hybridized carbons (Fsp3) is 0.250. The molecule has 5 heteroatoms. The van der Waals surface area contributed by atoms with E-state index in [-0.39, 0.29) is 5.28 Å². The first kappa shape index (κ1) is 14.3. The number of aryl methyl sites for hydroxylation is 4. The summed E-state index contributed by atoms with van der Waals surface area (Å²) in [5, 5.41) is 4.78. The minimum atomic E-state index is 0.275. The van der Waals surface area contributed by atoms with Crippen LogP contribution in [0.1, 0.15) is 21.6 Å². The van der Waals surface area contributed by atoms with Crippen molar-refractivity contribution in [3.8, 4) is 0 Å². The summed E-state index contributed by atoms with van der Waals surface area (Å²) in [6, 6.07) is 6.22. The first-order chi connectivity index (χ1) is 9.97. The molecule has 3 nitrogen and oxygen atoms in total. The number of hydrogen-bond acceptors (Lipinski definition) is 4. The van der Waals surface area contributed by atoms with Gasteiger partial charge < -0.3 is 5.32 Å². The van der Waals surface area contributed by atoms with Crippen LogP contribution in [0.15, 0.2) is 18.2 Å². The van der Waals surface area contributed by atoms with Crippen LogP contribution in [0.2, 0.25) is 5.28 Å². The van der Waals surface area contributed by atoms with E-state index in [1.807, 2.05) is 0 Å². The van der Waals surface area contributed by atoms with Gasteiger partial charge in [-0.25, -0.2) is 4.98 Å². The monoisotopic (exact) mass is 317 g/mol. The Kier molecular flexibility index (Phi) is 3.59. The summed E-state index contributed by atoms with van der Waals surface area (Å²) in [5.41, 5.74) is 4.65. The van der Waals surface area contributed by atoms with Gasteiger partial charge in [0.2, 0.25) is 5.28 Å².